The van der Waals surface area contributed by atoms with Gasteiger partial charge in [0.15, 0.2) is 0 Å². The van der Waals surface area contributed by atoms with Gasteiger partial charge in [0.1, 0.15) is 11.1 Å². The van der Waals surface area contributed by atoms with Gasteiger partial charge < -0.3 is 15.3 Å². The van der Waals surface area contributed by atoms with E-state index in [1.807, 2.05) is 0 Å². The van der Waals surface area contributed by atoms with Gasteiger partial charge in [-0.25, -0.2) is 0 Å². The van der Waals surface area contributed by atoms with E-state index >= 15 is 0 Å². The molecule has 0 spiro atoms. The Morgan fingerprint density at radius 1 is 1.40 bits per heavy atom. The molecule has 0 aromatic carbocycles. The maximum Gasteiger partial charge on any atom is 0.471 e. The lowest BCUT2D eigenvalue weighted by atomic mass is 9.88. The van der Waals surface area contributed by atoms with Crippen molar-refractivity contribution in [1.82, 2.24) is 10.2 Å². The highest BCUT2D eigenvalue weighted by Crippen LogP contribution is 2.27. The molecule has 0 saturated carbocycles. The molecule has 1 fully saturated rings. The smallest absolute Gasteiger partial charge is 0.386 e. The van der Waals surface area contributed by atoms with E-state index in [2.05, 4.69) is 6.58 Å². The molecule has 1 aliphatic rings. The van der Waals surface area contributed by atoms with Gasteiger partial charge in [-0.2, -0.15) is 13.2 Å². The molecule has 0 unspecified atom stereocenters. The highest BCUT2D eigenvalue weighted by Gasteiger charge is 2.49. The Kier molecular flexibility index (Phi) is 4.19. The molecular weight excluding hydrogens is 277 g/mol. The monoisotopic (exact) mass is 294 g/mol. The molecule has 0 atom stereocenters. The number of hydrogen-bond acceptors (Lipinski definition) is 3. The van der Waals surface area contributed by atoms with Gasteiger partial charge >= 0.3 is 12.1 Å². The SMILES string of the molecule is C=CCC1(O)CN(C(=O)C(C)(C)NC(=O)C(F)(F)F)C1. The van der Waals surface area contributed by atoms with Crippen LogP contribution in [0.1, 0.15) is 20.3 Å². The Bertz CT molecular complexity index is 426. The Hall–Kier alpha value is -1.57. The summed E-state index contributed by atoms with van der Waals surface area (Å²) in [6, 6.07) is 0. The van der Waals surface area contributed by atoms with Gasteiger partial charge in [-0.15, -0.1) is 6.58 Å². The van der Waals surface area contributed by atoms with Crippen molar-refractivity contribution in [2.24, 2.45) is 0 Å². The number of rotatable bonds is 4. The first-order chi connectivity index (χ1) is 8.91. The Morgan fingerprint density at radius 2 is 1.90 bits per heavy atom. The van der Waals surface area contributed by atoms with Gasteiger partial charge in [-0.3, -0.25) is 9.59 Å². The van der Waals surface area contributed by atoms with Gasteiger partial charge in [0.25, 0.3) is 0 Å². The van der Waals surface area contributed by atoms with E-state index < -0.39 is 29.1 Å². The first kappa shape index (κ1) is 16.5. The van der Waals surface area contributed by atoms with E-state index in [0.717, 1.165) is 0 Å². The van der Waals surface area contributed by atoms with Crippen molar-refractivity contribution in [1.29, 1.82) is 0 Å². The number of β-amino-alcohol motifs (C(OH)–C–C–N with tert-alkyl or cyclic N) is 1. The summed E-state index contributed by atoms with van der Waals surface area (Å²) in [5.74, 6) is -2.85. The van der Waals surface area contributed by atoms with Crippen LogP contribution in [0, 0.1) is 0 Å². The number of likely N-dealkylation sites (tertiary alicyclic amines) is 1. The normalized spacial score (nSPS) is 18.2. The standard InChI is InChI=1S/C12H17F3N2O3/c1-4-5-11(20)6-17(7-11)9(19)10(2,3)16-8(18)12(13,14)15/h4,20H,1,5-7H2,2-3H3,(H,16,18). The quantitative estimate of drug-likeness (QED) is 0.746. The molecule has 0 bridgehead atoms. The molecule has 5 nitrogen and oxygen atoms in total. The molecule has 1 aliphatic heterocycles. The summed E-state index contributed by atoms with van der Waals surface area (Å²) >= 11 is 0. The molecule has 0 aliphatic carbocycles. The van der Waals surface area contributed by atoms with E-state index in [1.165, 1.54) is 24.8 Å². The van der Waals surface area contributed by atoms with E-state index in [9.17, 15) is 27.9 Å². The van der Waals surface area contributed by atoms with Crippen LogP contribution in [-0.4, -0.2) is 52.2 Å². The molecule has 114 valence electrons. The molecule has 1 heterocycles. The minimum Gasteiger partial charge on any atom is -0.386 e. The van der Waals surface area contributed by atoms with E-state index in [4.69, 9.17) is 0 Å². The first-order valence-electron chi connectivity index (χ1n) is 5.93. The number of carbonyl (C=O) groups is 2. The van der Waals surface area contributed by atoms with Crippen molar-refractivity contribution in [3.63, 3.8) is 0 Å². The minimum absolute atomic E-state index is 0.00315. The summed E-state index contributed by atoms with van der Waals surface area (Å²) < 4.78 is 36.5. The fraction of sp³-hybridized carbons (Fsp3) is 0.667. The molecule has 0 radical (unpaired) electrons. The number of nitrogens with one attached hydrogen (secondary N) is 1. The molecule has 1 saturated heterocycles. The van der Waals surface area contributed by atoms with Gasteiger partial charge in [0.05, 0.1) is 13.1 Å². The second kappa shape index (κ2) is 5.08. The number of alkyl halides is 3. The third kappa shape index (κ3) is 3.50. The van der Waals surface area contributed by atoms with E-state index in [1.54, 1.807) is 5.32 Å². The topological polar surface area (TPSA) is 69.6 Å². The van der Waals surface area contributed by atoms with Crippen LogP contribution < -0.4 is 5.32 Å². The Labute approximate surface area is 114 Å². The third-order valence-electron chi connectivity index (χ3n) is 3.00. The van der Waals surface area contributed by atoms with Crippen molar-refractivity contribution in [2.45, 2.75) is 37.6 Å². The fourth-order valence-electron chi connectivity index (χ4n) is 2.01. The van der Waals surface area contributed by atoms with Gasteiger partial charge in [0.2, 0.25) is 5.91 Å². The molecule has 20 heavy (non-hydrogen) atoms. The molecule has 2 N–H and O–H groups in total. The van der Waals surface area contributed by atoms with Gasteiger partial charge in [-0.05, 0) is 20.3 Å². The number of nitrogens with zero attached hydrogens (tertiary/aromatic N) is 1. The zero-order valence-electron chi connectivity index (χ0n) is 11.3. The molecular formula is C12H17F3N2O3. The number of aliphatic hydroxyl groups is 1. The zero-order chi connectivity index (χ0) is 15.8. The molecule has 1 rings (SSSR count). The van der Waals surface area contributed by atoms with Crippen LogP contribution in [0.2, 0.25) is 0 Å². The molecule has 8 heteroatoms. The van der Waals surface area contributed by atoms with Crippen molar-refractivity contribution >= 4 is 11.8 Å². The predicted octanol–water partition coefficient (Wildman–Crippen LogP) is 0.593. The second-order valence-corrected chi connectivity index (χ2v) is 5.46. The second-order valence-electron chi connectivity index (χ2n) is 5.46. The van der Waals surface area contributed by atoms with Crippen LogP contribution in [0.3, 0.4) is 0 Å². The van der Waals surface area contributed by atoms with E-state index in [-0.39, 0.29) is 19.5 Å². The van der Waals surface area contributed by atoms with Crippen LogP contribution in [0.5, 0.6) is 0 Å². The summed E-state index contributed by atoms with van der Waals surface area (Å²) in [6.07, 6.45) is -3.26. The first-order valence-corrected chi connectivity index (χ1v) is 5.93. The summed E-state index contributed by atoms with van der Waals surface area (Å²) in [5.41, 5.74) is -2.77. The number of hydrogen-bond donors (Lipinski definition) is 2. The zero-order valence-corrected chi connectivity index (χ0v) is 11.3. The number of carbonyl (C=O) groups excluding carboxylic acids is 2. The minimum atomic E-state index is -5.05. The summed E-state index contributed by atoms with van der Waals surface area (Å²) in [6.45, 7) is 5.84. The number of halogens is 3. The molecule has 0 aromatic rings. The summed E-state index contributed by atoms with van der Waals surface area (Å²) in [4.78, 5) is 24.1. The highest BCUT2D eigenvalue weighted by molar-refractivity contribution is 5.93. The van der Waals surface area contributed by atoms with Crippen LogP contribution in [0.25, 0.3) is 0 Å². The molecule has 0 aromatic heterocycles. The van der Waals surface area contributed by atoms with Crippen molar-refractivity contribution in [3.8, 4) is 0 Å². The highest BCUT2D eigenvalue weighted by atomic mass is 19.4. The summed E-state index contributed by atoms with van der Waals surface area (Å²) in [7, 11) is 0. The largest absolute Gasteiger partial charge is 0.471 e. The lowest BCUT2D eigenvalue weighted by molar-refractivity contribution is -0.178. The predicted molar refractivity (Wildman–Crippen MR) is 64.6 cm³/mol. The van der Waals surface area contributed by atoms with Crippen LogP contribution in [0.4, 0.5) is 13.2 Å². The van der Waals surface area contributed by atoms with Crippen molar-refractivity contribution in [3.05, 3.63) is 12.7 Å². The lowest BCUT2D eigenvalue weighted by Crippen LogP contribution is -2.69. The van der Waals surface area contributed by atoms with Crippen LogP contribution in [0.15, 0.2) is 12.7 Å². The lowest BCUT2D eigenvalue weighted by Gasteiger charge is -2.48. The van der Waals surface area contributed by atoms with Crippen LogP contribution >= 0.6 is 0 Å². The Morgan fingerprint density at radius 3 is 2.30 bits per heavy atom. The van der Waals surface area contributed by atoms with Crippen molar-refractivity contribution < 1.29 is 27.9 Å². The van der Waals surface area contributed by atoms with Crippen molar-refractivity contribution in [2.75, 3.05) is 13.1 Å². The maximum atomic E-state index is 12.2. The third-order valence-corrected chi connectivity index (χ3v) is 3.00. The van der Waals surface area contributed by atoms with Gasteiger partial charge in [-0.1, -0.05) is 6.08 Å². The van der Waals surface area contributed by atoms with Crippen LogP contribution in [-0.2, 0) is 9.59 Å². The average Bonchev–Trinajstić information content (AvgIpc) is 2.23. The summed E-state index contributed by atoms with van der Waals surface area (Å²) in [5, 5.41) is 11.5. The molecule has 2 amide bonds. The van der Waals surface area contributed by atoms with E-state index in [0.29, 0.717) is 0 Å². The Balaban J connectivity index is 2.64. The number of amides is 2. The average molecular weight is 294 g/mol. The maximum absolute atomic E-state index is 12.2. The fourth-order valence-corrected chi connectivity index (χ4v) is 2.01. The van der Waals surface area contributed by atoms with Gasteiger partial charge in [0, 0.05) is 0 Å².